The molecular weight excluding hydrogens is 448 g/mol. The summed E-state index contributed by atoms with van der Waals surface area (Å²) in [4.78, 5) is 38.1. The highest BCUT2D eigenvalue weighted by molar-refractivity contribution is 5.94. The van der Waals surface area contributed by atoms with E-state index in [1.165, 1.54) is 0 Å². The molecule has 2 unspecified atom stereocenters. The van der Waals surface area contributed by atoms with Crippen LogP contribution in [0, 0.1) is 0 Å². The number of hydrogen-bond donors (Lipinski definition) is 3. The molecule has 2 atom stereocenters. The maximum atomic E-state index is 12.3. The largest absolute Gasteiger partial charge is 0.430 e. The summed E-state index contributed by atoms with van der Waals surface area (Å²) in [5.74, 6) is -0.206. The van der Waals surface area contributed by atoms with Crippen LogP contribution in [0.1, 0.15) is 63.7 Å². The van der Waals surface area contributed by atoms with Gasteiger partial charge < -0.3 is 25.4 Å². The molecule has 33 heavy (non-hydrogen) atoms. The van der Waals surface area contributed by atoms with Crippen molar-refractivity contribution in [3.05, 3.63) is 35.9 Å². The molecule has 0 aromatic heterocycles. The fourth-order valence-electron chi connectivity index (χ4n) is 2.91. The summed E-state index contributed by atoms with van der Waals surface area (Å²) < 4.78 is 10.9. The van der Waals surface area contributed by atoms with Gasteiger partial charge in [0.05, 0.1) is 0 Å². The summed E-state index contributed by atoms with van der Waals surface area (Å²) in [6.45, 7) is 9.12. The third-order valence-electron chi connectivity index (χ3n) is 4.78. The first kappa shape index (κ1) is 30.5. The molecule has 10 heteroatoms. The predicted octanol–water partition coefficient (Wildman–Crippen LogP) is 3.88. The second kappa shape index (κ2) is 18.0. The van der Waals surface area contributed by atoms with Gasteiger partial charge in [-0.05, 0) is 38.8 Å². The number of hydrogen-bond acceptors (Lipinski definition) is 6. The molecule has 0 heterocycles. The van der Waals surface area contributed by atoms with E-state index >= 15 is 0 Å². The van der Waals surface area contributed by atoms with Crippen LogP contribution in [0.15, 0.2) is 30.3 Å². The molecule has 3 N–H and O–H groups in total. The standard InChI is InChI=1S/C23H38N4O5.ClH/c1-5-7-14-25-22(29)31-18(3)27(19(4)32-23(30)26-15-8-6-2)17-16-24-21(28)20-12-10-9-11-13-20;/h9-13,18-19H,5-8,14-17H2,1-4H3,(H,24,28)(H,25,29)(H,26,30);1H. The number of halogens is 1. The summed E-state index contributed by atoms with van der Waals surface area (Å²) in [5, 5.41) is 8.24. The third-order valence-corrected chi connectivity index (χ3v) is 4.78. The molecule has 0 aliphatic rings. The van der Waals surface area contributed by atoms with Crippen LogP contribution in [0.2, 0.25) is 0 Å². The lowest BCUT2D eigenvalue weighted by atomic mass is 10.2. The van der Waals surface area contributed by atoms with Crippen LogP contribution in [0.4, 0.5) is 9.59 Å². The number of ether oxygens (including phenoxy) is 2. The molecule has 1 aromatic rings. The Balaban J connectivity index is 0.0000102. The summed E-state index contributed by atoms with van der Waals surface area (Å²) >= 11 is 0. The average molecular weight is 487 g/mol. The first-order valence-electron chi connectivity index (χ1n) is 11.4. The van der Waals surface area contributed by atoms with Gasteiger partial charge in [-0.15, -0.1) is 12.4 Å². The van der Waals surface area contributed by atoms with Gasteiger partial charge in [0.25, 0.3) is 5.91 Å². The van der Waals surface area contributed by atoms with E-state index in [-0.39, 0.29) is 24.9 Å². The number of unbranched alkanes of at least 4 members (excludes halogenated alkanes) is 2. The Kier molecular flexibility index (Phi) is 16.6. The van der Waals surface area contributed by atoms with Gasteiger partial charge in [0, 0.05) is 31.7 Å². The molecular formula is C23H39ClN4O5. The van der Waals surface area contributed by atoms with Gasteiger partial charge in [0.15, 0.2) is 12.5 Å². The van der Waals surface area contributed by atoms with E-state index in [0.29, 0.717) is 25.2 Å². The fraction of sp³-hybridized carbons (Fsp3) is 0.609. The minimum atomic E-state index is -0.677. The Bertz CT molecular complexity index is 663. The van der Waals surface area contributed by atoms with Crippen LogP contribution in [-0.4, -0.2) is 61.6 Å². The maximum Gasteiger partial charge on any atom is 0.408 e. The quantitative estimate of drug-likeness (QED) is 0.272. The zero-order valence-corrected chi connectivity index (χ0v) is 20.9. The SMILES string of the molecule is CCCCNC(=O)OC(C)N(CCNC(=O)c1ccccc1)C(C)OC(=O)NCCCC.Cl. The molecule has 0 radical (unpaired) electrons. The van der Waals surface area contributed by atoms with E-state index in [0.717, 1.165) is 25.7 Å². The lowest BCUT2D eigenvalue weighted by Crippen LogP contribution is -2.49. The van der Waals surface area contributed by atoms with E-state index in [9.17, 15) is 14.4 Å². The molecule has 0 saturated heterocycles. The number of carbonyl (C=O) groups excluding carboxylic acids is 3. The van der Waals surface area contributed by atoms with Gasteiger partial charge in [-0.3, -0.25) is 4.79 Å². The van der Waals surface area contributed by atoms with Crippen LogP contribution < -0.4 is 16.0 Å². The highest BCUT2D eigenvalue weighted by Gasteiger charge is 2.26. The minimum absolute atomic E-state index is 0. The van der Waals surface area contributed by atoms with Gasteiger partial charge in [-0.1, -0.05) is 44.9 Å². The fourth-order valence-corrected chi connectivity index (χ4v) is 2.91. The van der Waals surface area contributed by atoms with Crippen molar-refractivity contribution in [3.63, 3.8) is 0 Å². The normalized spacial score (nSPS) is 12.2. The van der Waals surface area contributed by atoms with Crippen LogP contribution in [-0.2, 0) is 9.47 Å². The van der Waals surface area contributed by atoms with Crippen molar-refractivity contribution in [3.8, 4) is 0 Å². The van der Waals surface area contributed by atoms with Crippen molar-refractivity contribution in [1.82, 2.24) is 20.9 Å². The van der Waals surface area contributed by atoms with Crippen LogP contribution in [0.3, 0.4) is 0 Å². The molecule has 3 amide bonds. The summed E-state index contributed by atoms with van der Waals surface area (Å²) in [7, 11) is 0. The van der Waals surface area contributed by atoms with Crippen molar-refractivity contribution in [2.24, 2.45) is 0 Å². The summed E-state index contributed by atoms with van der Waals surface area (Å²) in [6.07, 6.45) is 1.20. The lowest BCUT2D eigenvalue weighted by Gasteiger charge is -2.33. The van der Waals surface area contributed by atoms with Gasteiger partial charge in [-0.2, -0.15) is 0 Å². The zero-order valence-electron chi connectivity index (χ0n) is 20.1. The van der Waals surface area contributed by atoms with Crippen molar-refractivity contribution < 1.29 is 23.9 Å². The van der Waals surface area contributed by atoms with Crippen molar-refractivity contribution in [2.75, 3.05) is 26.2 Å². The zero-order chi connectivity index (χ0) is 23.8. The number of alkyl carbamates (subject to hydrolysis) is 2. The first-order chi connectivity index (χ1) is 15.4. The van der Waals surface area contributed by atoms with Crippen LogP contribution in [0.5, 0.6) is 0 Å². The Morgan fingerprint density at radius 3 is 1.76 bits per heavy atom. The van der Waals surface area contributed by atoms with Crippen molar-refractivity contribution in [2.45, 2.75) is 65.8 Å². The smallest absolute Gasteiger partial charge is 0.408 e. The van der Waals surface area contributed by atoms with Gasteiger partial charge in [-0.25, -0.2) is 14.5 Å². The molecule has 188 valence electrons. The Morgan fingerprint density at radius 1 is 0.818 bits per heavy atom. The molecule has 9 nitrogen and oxygen atoms in total. The lowest BCUT2D eigenvalue weighted by molar-refractivity contribution is -0.0905. The minimum Gasteiger partial charge on any atom is -0.430 e. The van der Waals surface area contributed by atoms with Crippen molar-refractivity contribution >= 4 is 30.5 Å². The highest BCUT2D eigenvalue weighted by Crippen LogP contribution is 2.09. The monoisotopic (exact) mass is 486 g/mol. The Labute approximate surface area is 203 Å². The number of amides is 3. The van der Waals surface area contributed by atoms with E-state index in [1.807, 2.05) is 19.9 Å². The van der Waals surface area contributed by atoms with E-state index in [4.69, 9.17) is 9.47 Å². The average Bonchev–Trinajstić information content (AvgIpc) is 2.77. The Hall–Kier alpha value is -2.52. The molecule has 0 saturated carbocycles. The summed E-state index contributed by atoms with van der Waals surface area (Å²) in [5.41, 5.74) is 0.554. The molecule has 0 fully saturated rings. The van der Waals surface area contributed by atoms with E-state index in [1.54, 1.807) is 43.0 Å². The van der Waals surface area contributed by atoms with Crippen LogP contribution in [0.25, 0.3) is 0 Å². The molecule has 0 aliphatic heterocycles. The second-order valence-electron chi connectivity index (χ2n) is 7.43. The number of rotatable bonds is 14. The second-order valence-corrected chi connectivity index (χ2v) is 7.43. The molecule has 1 aromatic carbocycles. The molecule has 0 bridgehead atoms. The van der Waals surface area contributed by atoms with Gasteiger partial charge in [0.1, 0.15) is 0 Å². The molecule has 0 aliphatic carbocycles. The first-order valence-corrected chi connectivity index (χ1v) is 11.4. The van der Waals surface area contributed by atoms with E-state index in [2.05, 4.69) is 16.0 Å². The summed E-state index contributed by atoms with van der Waals surface area (Å²) in [6, 6.07) is 8.88. The molecule has 0 spiro atoms. The van der Waals surface area contributed by atoms with E-state index < -0.39 is 24.6 Å². The number of nitrogens with one attached hydrogen (secondary N) is 3. The Morgan fingerprint density at radius 2 is 1.30 bits per heavy atom. The predicted molar refractivity (Wildman–Crippen MR) is 130 cm³/mol. The third kappa shape index (κ3) is 12.9. The molecule has 1 rings (SSSR count). The maximum absolute atomic E-state index is 12.3. The number of nitrogens with zero attached hydrogens (tertiary/aromatic N) is 1. The van der Waals surface area contributed by atoms with Gasteiger partial charge in [0.2, 0.25) is 0 Å². The number of carbonyl (C=O) groups is 3. The highest BCUT2D eigenvalue weighted by atomic mass is 35.5. The topological polar surface area (TPSA) is 109 Å². The van der Waals surface area contributed by atoms with Crippen molar-refractivity contribution in [1.29, 1.82) is 0 Å². The number of benzene rings is 1. The van der Waals surface area contributed by atoms with Gasteiger partial charge >= 0.3 is 12.2 Å². The van der Waals surface area contributed by atoms with Crippen LogP contribution >= 0.6 is 12.4 Å².